The van der Waals surface area contributed by atoms with E-state index in [0.717, 1.165) is 44.6 Å². The minimum absolute atomic E-state index is 0.146. The van der Waals surface area contributed by atoms with E-state index in [1.54, 1.807) is 0 Å². The lowest BCUT2D eigenvalue weighted by Gasteiger charge is -2.29. The van der Waals surface area contributed by atoms with Crippen LogP contribution in [-0.4, -0.2) is 52.2 Å². The van der Waals surface area contributed by atoms with Crippen LogP contribution >= 0.6 is 0 Å². The van der Waals surface area contributed by atoms with Gasteiger partial charge in [0.25, 0.3) is 5.91 Å². The molecule has 18 heavy (non-hydrogen) atoms. The average molecular weight is 249 g/mol. The highest BCUT2D eigenvalue weighted by Gasteiger charge is 2.28. The zero-order valence-electron chi connectivity index (χ0n) is 10.6. The summed E-state index contributed by atoms with van der Waals surface area (Å²) in [4.78, 5) is 18.5. The molecule has 2 N–H and O–H groups in total. The molecule has 1 aromatic heterocycles. The van der Waals surface area contributed by atoms with Gasteiger partial charge in [0.05, 0.1) is 0 Å². The van der Waals surface area contributed by atoms with Crippen LogP contribution in [0, 0.1) is 0 Å². The fourth-order valence-electron chi connectivity index (χ4n) is 2.32. The van der Waals surface area contributed by atoms with Crippen LogP contribution in [0.5, 0.6) is 0 Å². The van der Waals surface area contributed by atoms with Gasteiger partial charge in [-0.25, -0.2) is 4.98 Å². The fraction of sp³-hybridized carbons (Fsp3) is 0.750. The zero-order valence-corrected chi connectivity index (χ0v) is 10.6. The smallest absolute Gasteiger partial charge is 0.291 e. The number of nitrogens with one attached hydrogen (secondary N) is 2. The van der Waals surface area contributed by atoms with E-state index in [1.807, 2.05) is 0 Å². The van der Waals surface area contributed by atoms with Gasteiger partial charge in [-0.1, -0.05) is 0 Å². The van der Waals surface area contributed by atoms with Gasteiger partial charge < -0.3 is 10.2 Å². The van der Waals surface area contributed by atoms with Crippen molar-refractivity contribution in [2.24, 2.45) is 0 Å². The number of nitrogens with zero attached hydrogens (tertiary/aromatic N) is 3. The van der Waals surface area contributed by atoms with Crippen LogP contribution in [-0.2, 0) is 0 Å². The molecule has 0 spiro atoms. The van der Waals surface area contributed by atoms with Crippen molar-refractivity contribution in [2.75, 3.05) is 20.1 Å². The topological polar surface area (TPSA) is 73.9 Å². The third-order valence-corrected chi connectivity index (χ3v) is 3.72. The predicted octanol–water partition coefficient (Wildman–Crippen LogP) is 0.506. The fourth-order valence-corrected chi connectivity index (χ4v) is 2.32. The van der Waals surface area contributed by atoms with Gasteiger partial charge in [0.1, 0.15) is 5.82 Å². The van der Waals surface area contributed by atoms with Crippen LogP contribution in [0.1, 0.15) is 48.0 Å². The average Bonchev–Trinajstić information content (AvgIpc) is 3.10. The number of H-pyrrole nitrogens is 1. The molecule has 1 aromatic rings. The molecular formula is C12H19N5O. The Hall–Kier alpha value is -1.43. The van der Waals surface area contributed by atoms with E-state index in [9.17, 15) is 4.79 Å². The molecule has 0 radical (unpaired) electrons. The molecule has 1 aliphatic carbocycles. The van der Waals surface area contributed by atoms with Gasteiger partial charge in [-0.3, -0.25) is 9.89 Å². The van der Waals surface area contributed by atoms with E-state index < -0.39 is 0 Å². The Kier molecular flexibility index (Phi) is 3.03. The van der Waals surface area contributed by atoms with Gasteiger partial charge in [0.15, 0.2) is 0 Å². The molecule has 2 fully saturated rings. The highest BCUT2D eigenvalue weighted by molar-refractivity contribution is 5.90. The molecular weight excluding hydrogens is 230 g/mol. The van der Waals surface area contributed by atoms with Gasteiger partial charge in [-0.15, -0.1) is 5.10 Å². The lowest BCUT2D eigenvalue weighted by atomic mass is 10.1. The molecule has 6 heteroatoms. The van der Waals surface area contributed by atoms with Crippen molar-refractivity contribution in [2.45, 2.75) is 37.6 Å². The van der Waals surface area contributed by atoms with Crippen molar-refractivity contribution in [3.8, 4) is 0 Å². The van der Waals surface area contributed by atoms with E-state index in [-0.39, 0.29) is 17.8 Å². The van der Waals surface area contributed by atoms with Crippen molar-refractivity contribution in [3.05, 3.63) is 11.6 Å². The third-order valence-electron chi connectivity index (χ3n) is 3.72. The first kappa shape index (κ1) is 11.6. The number of amides is 1. The Morgan fingerprint density at radius 1 is 1.33 bits per heavy atom. The maximum atomic E-state index is 12.0. The summed E-state index contributed by atoms with van der Waals surface area (Å²) in [5.74, 6) is 1.51. The summed E-state index contributed by atoms with van der Waals surface area (Å²) in [5, 5.41) is 9.88. The SMILES string of the molecule is CN1CCC(NC(=O)c2n[nH]c(C3CC3)n2)CC1. The Balaban J connectivity index is 1.56. The maximum absolute atomic E-state index is 12.0. The molecule has 98 valence electrons. The van der Waals surface area contributed by atoms with E-state index >= 15 is 0 Å². The van der Waals surface area contributed by atoms with Crippen molar-refractivity contribution >= 4 is 5.91 Å². The summed E-state index contributed by atoms with van der Waals surface area (Å²) in [6.07, 6.45) is 4.32. The van der Waals surface area contributed by atoms with Gasteiger partial charge in [0, 0.05) is 12.0 Å². The first-order chi connectivity index (χ1) is 8.72. The number of rotatable bonds is 3. The summed E-state index contributed by atoms with van der Waals surface area (Å²) in [7, 11) is 2.11. The first-order valence-corrected chi connectivity index (χ1v) is 6.64. The minimum Gasteiger partial charge on any atom is -0.346 e. The van der Waals surface area contributed by atoms with E-state index in [4.69, 9.17) is 0 Å². The molecule has 0 unspecified atom stereocenters. The molecule has 0 bridgehead atoms. The molecule has 1 amide bonds. The van der Waals surface area contributed by atoms with E-state index in [0.29, 0.717) is 5.92 Å². The Morgan fingerprint density at radius 2 is 2.06 bits per heavy atom. The highest BCUT2D eigenvalue weighted by Crippen LogP contribution is 2.37. The zero-order chi connectivity index (χ0) is 12.5. The molecule has 3 rings (SSSR count). The molecule has 2 heterocycles. The molecule has 6 nitrogen and oxygen atoms in total. The number of carbonyl (C=O) groups is 1. The van der Waals surface area contributed by atoms with Gasteiger partial charge in [-0.2, -0.15) is 0 Å². The molecule has 2 aliphatic rings. The first-order valence-electron chi connectivity index (χ1n) is 6.64. The molecule has 1 saturated heterocycles. The summed E-state index contributed by atoms with van der Waals surface area (Å²) < 4.78 is 0. The number of hydrogen-bond acceptors (Lipinski definition) is 4. The number of likely N-dealkylation sites (tertiary alicyclic amines) is 1. The molecule has 1 saturated carbocycles. The van der Waals surface area contributed by atoms with Crippen LogP contribution in [0.15, 0.2) is 0 Å². The van der Waals surface area contributed by atoms with Crippen LogP contribution < -0.4 is 5.32 Å². The second-order valence-corrected chi connectivity index (χ2v) is 5.37. The van der Waals surface area contributed by atoms with Crippen LogP contribution in [0.3, 0.4) is 0 Å². The second kappa shape index (κ2) is 4.68. The molecule has 1 aliphatic heterocycles. The summed E-state index contributed by atoms with van der Waals surface area (Å²) >= 11 is 0. The lowest BCUT2D eigenvalue weighted by Crippen LogP contribution is -2.43. The van der Waals surface area contributed by atoms with Crippen molar-refractivity contribution in [1.29, 1.82) is 0 Å². The standard InChI is InChI=1S/C12H19N5O/c1-17-6-4-9(5-7-17)13-12(18)11-14-10(15-16-11)8-2-3-8/h8-9H,2-7H2,1H3,(H,13,18)(H,14,15,16). The maximum Gasteiger partial charge on any atom is 0.291 e. The minimum atomic E-state index is -0.146. The molecule has 0 atom stereocenters. The normalized spacial score (nSPS) is 22.1. The number of carbonyl (C=O) groups excluding carboxylic acids is 1. The molecule has 0 aromatic carbocycles. The van der Waals surface area contributed by atoms with Crippen LogP contribution in [0.4, 0.5) is 0 Å². The second-order valence-electron chi connectivity index (χ2n) is 5.37. The Labute approximate surface area is 106 Å². The monoisotopic (exact) mass is 249 g/mol. The van der Waals surface area contributed by atoms with E-state index in [1.165, 1.54) is 0 Å². The van der Waals surface area contributed by atoms with Gasteiger partial charge in [0.2, 0.25) is 5.82 Å². The Bertz CT molecular complexity index is 431. The van der Waals surface area contributed by atoms with E-state index in [2.05, 4.69) is 32.4 Å². The van der Waals surface area contributed by atoms with Gasteiger partial charge in [-0.05, 0) is 45.8 Å². The van der Waals surface area contributed by atoms with Gasteiger partial charge >= 0.3 is 0 Å². The third kappa shape index (κ3) is 2.53. The lowest BCUT2D eigenvalue weighted by molar-refractivity contribution is 0.0906. The Morgan fingerprint density at radius 3 is 2.72 bits per heavy atom. The number of aromatic amines is 1. The number of hydrogen-bond donors (Lipinski definition) is 2. The summed E-state index contributed by atoms with van der Waals surface area (Å²) in [6, 6.07) is 0.261. The summed E-state index contributed by atoms with van der Waals surface area (Å²) in [5.41, 5.74) is 0. The quantitative estimate of drug-likeness (QED) is 0.818. The summed E-state index contributed by atoms with van der Waals surface area (Å²) in [6.45, 7) is 2.07. The number of aromatic nitrogens is 3. The highest BCUT2D eigenvalue weighted by atomic mass is 16.2. The van der Waals surface area contributed by atoms with Crippen LogP contribution in [0.2, 0.25) is 0 Å². The van der Waals surface area contributed by atoms with Crippen molar-refractivity contribution in [3.63, 3.8) is 0 Å². The largest absolute Gasteiger partial charge is 0.346 e. The predicted molar refractivity (Wildman–Crippen MR) is 66.3 cm³/mol. The van der Waals surface area contributed by atoms with Crippen molar-refractivity contribution < 1.29 is 4.79 Å². The van der Waals surface area contributed by atoms with Crippen LogP contribution in [0.25, 0.3) is 0 Å². The van der Waals surface area contributed by atoms with Crippen molar-refractivity contribution in [1.82, 2.24) is 25.4 Å². The number of piperidine rings is 1.